The highest BCUT2D eigenvalue weighted by Gasteiger charge is 2.32. The minimum atomic E-state index is -4.07. The van der Waals surface area contributed by atoms with Crippen LogP contribution in [-0.2, 0) is 26.2 Å². The zero-order chi connectivity index (χ0) is 27.9. The minimum Gasteiger partial charge on any atom is -0.355 e. The number of nitrogens with one attached hydrogen (secondary N) is 1. The van der Waals surface area contributed by atoms with Gasteiger partial charge in [-0.3, -0.25) is 13.9 Å². The van der Waals surface area contributed by atoms with E-state index in [1.807, 2.05) is 50.2 Å². The van der Waals surface area contributed by atoms with E-state index in [1.54, 1.807) is 37.3 Å². The summed E-state index contributed by atoms with van der Waals surface area (Å²) in [4.78, 5) is 28.1. The fraction of sp³-hybridized carbons (Fsp3) is 0.333. The van der Waals surface area contributed by atoms with Crippen molar-refractivity contribution in [3.05, 3.63) is 95.6 Å². The largest absolute Gasteiger partial charge is 0.355 e. The number of nitrogens with zero attached hydrogens (tertiary/aromatic N) is 2. The Balaban J connectivity index is 2.02. The number of sulfonamides is 1. The average Bonchev–Trinajstić information content (AvgIpc) is 2.91. The summed E-state index contributed by atoms with van der Waals surface area (Å²) in [7, 11) is -4.07. The molecule has 2 amide bonds. The molecule has 0 aliphatic heterocycles. The number of carbonyl (C=O) groups is 2. The second-order valence-corrected chi connectivity index (χ2v) is 11.5. The first-order valence-corrected chi connectivity index (χ1v) is 14.3. The normalized spacial score (nSPS) is 12.2. The number of carbonyl (C=O) groups excluding carboxylic acids is 2. The molecule has 0 aromatic heterocycles. The summed E-state index contributed by atoms with van der Waals surface area (Å²) in [5.74, 6) is -0.503. The van der Waals surface area contributed by atoms with Crippen molar-refractivity contribution in [1.29, 1.82) is 0 Å². The average molecular weight is 536 g/mol. The lowest BCUT2D eigenvalue weighted by atomic mass is 10.0. The van der Waals surface area contributed by atoms with E-state index in [-0.39, 0.29) is 23.3 Å². The van der Waals surface area contributed by atoms with Gasteiger partial charge in [0.25, 0.3) is 10.0 Å². The van der Waals surface area contributed by atoms with Crippen LogP contribution in [0, 0.1) is 6.92 Å². The highest BCUT2D eigenvalue weighted by molar-refractivity contribution is 7.92. The molecule has 202 valence electrons. The molecule has 1 atom stereocenters. The van der Waals surface area contributed by atoms with Gasteiger partial charge in [0.1, 0.15) is 12.6 Å². The fourth-order valence-corrected chi connectivity index (χ4v) is 5.50. The molecule has 0 saturated carbocycles. The van der Waals surface area contributed by atoms with E-state index in [0.29, 0.717) is 12.2 Å². The first-order valence-electron chi connectivity index (χ1n) is 12.8. The quantitative estimate of drug-likeness (QED) is 0.380. The van der Waals surface area contributed by atoms with Gasteiger partial charge in [-0.1, -0.05) is 74.0 Å². The van der Waals surface area contributed by atoms with E-state index >= 15 is 0 Å². The molecule has 0 unspecified atom stereocenters. The Bertz CT molecular complexity index is 1320. The zero-order valence-corrected chi connectivity index (χ0v) is 23.5. The van der Waals surface area contributed by atoms with Crippen LogP contribution in [0.1, 0.15) is 50.3 Å². The Labute approximate surface area is 226 Å². The SMILES string of the molecule is CCNC(=O)[C@H](C)N(Cc1ccc(C)cc1)C(=O)CN(c1ccc(C(C)C)cc1)S(=O)(=O)c1ccccc1. The molecule has 0 aliphatic rings. The Kier molecular flexibility index (Phi) is 9.69. The molecule has 0 radical (unpaired) electrons. The third-order valence-electron chi connectivity index (χ3n) is 6.45. The predicted molar refractivity (Wildman–Crippen MR) is 151 cm³/mol. The van der Waals surface area contributed by atoms with Crippen molar-refractivity contribution in [1.82, 2.24) is 10.2 Å². The van der Waals surface area contributed by atoms with Crippen LogP contribution < -0.4 is 9.62 Å². The van der Waals surface area contributed by atoms with Gasteiger partial charge in [-0.05, 0) is 62.1 Å². The first kappa shape index (κ1) is 28.9. The van der Waals surface area contributed by atoms with E-state index in [2.05, 4.69) is 19.2 Å². The van der Waals surface area contributed by atoms with Crippen LogP contribution in [0.4, 0.5) is 5.69 Å². The van der Waals surface area contributed by atoms with E-state index in [9.17, 15) is 18.0 Å². The van der Waals surface area contributed by atoms with E-state index in [4.69, 9.17) is 0 Å². The van der Waals surface area contributed by atoms with Gasteiger partial charge in [-0.2, -0.15) is 0 Å². The van der Waals surface area contributed by atoms with Gasteiger partial charge in [-0.25, -0.2) is 8.42 Å². The molecule has 0 spiro atoms. The topological polar surface area (TPSA) is 86.8 Å². The number of benzene rings is 3. The summed E-state index contributed by atoms with van der Waals surface area (Å²) in [6.45, 7) is 9.70. The lowest BCUT2D eigenvalue weighted by Gasteiger charge is -2.32. The van der Waals surface area contributed by atoms with Gasteiger partial charge >= 0.3 is 0 Å². The van der Waals surface area contributed by atoms with Crippen LogP contribution >= 0.6 is 0 Å². The van der Waals surface area contributed by atoms with Gasteiger partial charge in [0.2, 0.25) is 11.8 Å². The van der Waals surface area contributed by atoms with Crippen molar-refractivity contribution in [2.24, 2.45) is 0 Å². The molecule has 3 aromatic rings. The number of anilines is 1. The number of likely N-dealkylation sites (N-methyl/N-ethyl adjacent to an activating group) is 1. The highest BCUT2D eigenvalue weighted by atomic mass is 32.2. The van der Waals surface area contributed by atoms with Crippen LogP contribution in [0.5, 0.6) is 0 Å². The van der Waals surface area contributed by atoms with Crippen LogP contribution in [0.2, 0.25) is 0 Å². The summed E-state index contributed by atoms with van der Waals surface area (Å²) >= 11 is 0. The molecule has 1 N–H and O–H groups in total. The number of hydrogen-bond donors (Lipinski definition) is 1. The lowest BCUT2D eigenvalue weighted by Crippen LogP contribution is -2.51. The second kappa shape index (κ2) is 12.7. The number of amides is 2. The minimum absolute atomic E-state index is 0.0857. The van der Waals surface area contributed by atoms with Crippen LogP contribution in [0.15, 0.2) is 83.8 Å². The van der Waals surface area contributed by atoms with Crippen molar-refractivity contribution in [3.8, 4) is 0 Å². The fourth-order valence-electron chi connectivity index (χ4n) is 4.07. The highest BCUT2D eigenvalue weighted by Crippen LogP contribution is 2.26. The molecule has 0 aliphatic carbocycles. The molecule has 3 rings (SSSR count). The summed E-state index contributed by atoms with van der Waals surface area (Å²) in [6, 6.07) is 22.1. The van der Waals surface area contributed by atoms with Crippen molar-refractivity contribution in [3.63, 3.8) is 0 Å². The van der Waals surface area contributed by atoms with Crippen molar-refractivity contribution in [2.45, 2.75) is 58.0 Å². The molecule has 38 heavy (non-hydrogen) atoms. The number of aryl methyl sites for hydroxylation is 1. The van der Waals surface area contributed by atoms with Crippen molar-refractivity contribution >= 4 is 27.5 Å². The molecular formula is C30H37N3O4S. The maximum Gasteiger partial charge on any atom is 0.264 e. The Morgan fingerprint density at radius 1 is 0.868 bits per heavy atom. The van der Waals surface area contributed by atoms with E-state index in [0.717, 1.165) is 21.0 Å². The predicted octanol–water partition coefficient (Wildman–Crippen LogP) is 4.87. The van der Waals surface area contributed by atoms with Crippen molar-refractivity contribution in [2.75, 3.05) is 17.4 Å². The Morgan fingerprint density at radius 2 is 1.47 bits per heavy atom. The van der Waals surface area contributed by atoms with Gasteiger partial charge in [0, 0.05) is 13.1 Å². The second-order valence-electron chi connectivity index (χ2n) is 9.65. The van der Waals surface area contributed by atoms with Gasteiger partial charge < -0.3 is 10.2 Å². The van der Waals surface area contributed by atoms with E-state index in [1.165, 1.54) is 17.0 Å². The van der Waals surface area contributed by atoms with Crippen molar-refractivity contribution < 1.29 is 18.0 Å². The third kappa shape index (κ3) is 7.01. The van der Waals surface area contributed by atoms with Gasteiger partial charge in [0.15, 0.2) is 0 Å². The smallest absolute Gasteiger partial charge is 0.264 e. The number of hydrogen-bond acceptors (Lipinski definition) is 4. The molecular weight excluding hydrogens is 498 g/mol. The monoisotopic (exact) mass is 535 g/mol. The first-order chi connectivity index (χ1) is 18.0. The molecule has 0 bridgehead atoms. The lowest BCUT2D eigenvalue weighted by molar-refractivity contribution is -0.139. The summed E-state index contributed by atoms with van der Waals surface area (Å²) in [5.41, 5.74) is 3.36. The Hall–Kier alpha value is -3.65. The van der Waals surface area contributed by atoms with Gasteiger partial charge in [-0.15, -0.1) is 0 Å². The third-order valence-corrected chi connectivity index (χ3v) is 8.24. The molecule has 0 fully saturated rings. The zero-order valence-electron chi connectivity index (χ0n) is 22.7. The molecule has 0 heterocycles. The molecule has 0 saturated heterocycles. The van der Waals surface area contributed by atoms with Crippen LogP contribution in [0.25, 0.3) is 0 Å². The van der Waals surface area contributed by atoms with E-state index < -0.39 is 28.5 Å². The van der Waals surface area contributed by atoms with Crippen LogP contribution in [-0.4, -0.2) is 44.3 Å². The summed E-state index contributed by atoms with van der Waals surface area (Å²) < 4.78 is 28.7. The number of rotatable bonds is 11. The Morgan fingerprint density at radius 3 is 2.03 bits per heavy atom. The standard InChI is InChI=1S/C30H37N3O4S/c1-6-31-30(35)24(5)32(20-25-14-12-23(4)13-15-25)29(34)21-33(27-18-16-26(17-19-27)22(2)3)38(36,37)28-10-8-7-9-11-28/h7-19,22,24H,6,20-21H2,1-5H3,(H,31,35)/t24-/m0/s1. The van der Waals surface area contributed by atoms with Crippen LogP contribution in [0.3, 0.4) is 0 Å². The summed E-state index contributed by atoms with van der Waals surface area (Å²) in [5, 5.41) is 2.77. The summed E-state index contributed by atoms with van der Waals surface area (Å²) in [6.07, 6.45) is 0. The molecule has 3 aromatic carbocycles. The maximum atomic E-state index is 13.8. The molecule has 8 heteroatoms. The van der Waals surface area contributed by atoms with Gasteiger partial charge in [0.05, 0.1) is 10.6 Å². The maximum absolute atomic E-state index is 13.8. The molecule has 7 nitrogen and oxygen atoms in total.